The van der Waals surface area contributed by atoms with Gasteiger partial charge in [-0.1, -0.05) is 26.7 Å². The Morgan fingerprint density at radius 1 is 1.33 bits per heavy atom. The van der Waals surface area contributed by atoms with Crippen molar-refractivity contribution in [3.8, 4) is 0 Å². The van der Waals surface area contributed by atoms with E-state index in [2.05, 4.69) is 19.2 Å². The largest absolute Gasteiger partial charge is 0.378 e. The van der Waals surface area contributed by atoms with Crippen molar-refractivity contribution in [2.45, 2.75) is 52.0 Å². The van der Waals surface area contributed by atoms with E-state index in [1.54, 1.807) is 0 Å². The van der Waals surface area contributed by atoms with Crippen molar-refractivity contribution in [3.05, 3.63) is 0 Å². The van der Waals surface area contributed by atoms with Gasteiger partial charge in [-0.05, 0) is 12.8 Å². The summed E-state index contributed by atoms with van der Waals surface area (Å²) in [7, 11) is 0. The van der Waals surface area contributed by atoms with Crippen LogP contribution >= 0.6 is 0 Å². The molecule has 0 spiro atoms. The summed E-state index contributed by atoms with van der Waals surface area (Å²) in [6.07, 6.45) is 5.49. The van der Waals surface area contributed by atoms with Gasteiger partial charge in [-0.15, -0.1) is 0 Å². The molecule has 1 N–H and O–H groups in total. The van der Waals surface area contributed by atoms with Crippen LogP contribution < -0.4 is 5.32 Å². The SMILES string of the molecule is CCCCC(CC)NCCC(=O)N1CCOCC1. The van der Waals surface area contributed by atoms with Crippen molar-refractivity contribution in [1.82, 2.24) is 10.2 Å². The minimum atomic E-state index is 0.260. The summed E-state index contributed by atoms with van der Waals surface area (Å²) in [5.74, 6) is 0.260. The van der Waals surface area contributed by atoms with E-state index in [4.69, 9.17) is 4.74 Å². The minimum Gasteiger partial charge on any atom is -0.378 e. The standard InChI is InChI=1S/C14H28N2O2/c1-3-5-6-13(4-2)15-8-7-14(17)16-9-11-18-12-10-16/h13,15H,3-12H2,1-2H3. The molecule has 18 heavy (non-hydrogen) atoms. The molecule has 1 aliphatic rings. The van der Waals surface area contributed by atoms with Crippen LogP contribution in [-0.2, 0) is 9.53 Å². The lowest BCUT2D eigenvalue weighted by Crippen LogP contribution is -2.42. The third kappa shape index (κ3) is 5.83. The van der Waals surface area contributed by atoms with Crippen LogP contribution in [0.4, 0.5) is 0 Å². The van der Waals surface area contributed by atoms with E-state index >= 15 is 0 Å². The summed E-state index contributed by atoms with van der Waals surface area (Å²) in [4.78, 5) is 13.8. The second-order valence-electron chi connectivity index (χ2n) is 4.94. The fourth-order valence-corrected chi connectivity index (χ4v) is 2.26. The summed E-state index contributed by atoms with van der Waals surface area (Å²) in [6, 6.07) is 0.572. The highest BCUT2D eigenvalue weighted by Gasteiger charge is 2.16. The maximum atomic E-state index is 11.9. The van der Waals surface area contributed by atoms with Gasteiger partial charge >= 0.3 is 0 Å². The van der Waals surface area contributed by atoms with Gasteiger partial charge in [0.05, 0.1) is 13.2 Å². The van der Waals surface area contributed by atoms with E-state index < -0.39 is 0 Å². The Morgan fingerprint density at radius 3 is 2.67 bits per heavy atom. The molecular weight excluding hydrogens is 228 g/mol. The van der Waals surface area contributed by atoms with Gasteiger partial charge < -0.3 is 15.0 Å². The summed E-state index contributed by atoms with van der Waals surface area (Å²) < 4.78 is 5.24. The van der Waals surface area contributed by atoms with Crippen LogP contribution in [0.5, 0.6) is 0 Å². The lowest BCUT2D eigenvalue weighted by Gasteiger charge is -2.27. The molecular formula is C14H28N2O2. The summed E-state index contributed by atoms with van der Waals surface area (Å²) in [5.41, 5.74) is 0. The Balaban J connectivity index is 2.13. The predicted molar refractivity (Wildman–Crippen MR) is 73.6 cm³/mol. The number of carbonyl (C=O) groups is 1. The molecule has 0 aromatic carbocycles. The van der Waals surface area contributed by atoms with E-state index in [1.807, 2.05) is 4.90 Å². The zero-order valence-electron chi connectivity index (χ0n) is 11.9. The molecule has 106 valence electrons. The average molecular weight is 256 g/mol. The van der Waals surface area contributed by atoms with Crippen molar-refractivity contribution in [3.63, 3.8) is 0 Å². The van der Waals surface area contributed by atoms with Crippen LogP contribution in [-0.4, -0.2) is 49.7 Å². The van der Waals surface area contributed by atoms with Gasteiger partial charge in [0.15, 0.2) is 0 Å². The topological polar surface area (TPSA) is 41.6 Å². The molecule has 1 unspecified atom stereocenters. The van der Waals surface area contributed by atoms with Crippen molar-refractivity contribution < 1.29 is 9.53 Å². The fourth-order valence-electron chi connectivity index (χ4n) is 2.26. The molecule has 1 saturated heterocycles. The quantitative estimate of drug-likeness (QED) is 0.720. The molecule has 1 heterocycles. The van der Waals surface area contributed by atoms with Crippen LogP contribution in [0.25, 0.3) is 0 Å². The normalized spacial score (nSPS) is 17.8. The highest BCUT2D eigenvalue weighted by molar-refractivity contribution is 5.76. The molecule has 1 amide bonds. The first kappa shape index (κ1) is 15.4. The Morgan fingerprint density at radius 2 is 2.06 bits per heavy atom. The smallest absolute Gasteiger partial charge is 0.224 e. The van der Waals surface area contributed by atoms with Crippen LogP contribution in [0.1, 0.15) is 46.0 Å². The molecule has 0 aromatic rings. The molecule has 0 aromatic heterocycles. The first-order chi connectivity index (χ1) is 8.77. The number of carbonyl (C=O) groups excluding carboxylic acids is 1. The molecule has 4 nitrogen and oxygen atoms in total. The Labute approximate surface area is 111 Å². The van der Waals surface area contributed by atoms with E-state index in [0.717, 1.165) is 26.1 Å². The zero-order valence-corrected chi connectivity index (χ0v) is 11.9. The number of nitrogens with one attached hydrogen (secondary N) is 1. The number of rotatable bonds is 8. The number of unbranched alkanes of at least 4 members (excludes halogenated alkanes) is 1. The van der Waals surface area contributed by atoms with E-state index in [9.17, 15) is 4.79 Å². The van der Waals surface area contributed by atoms with Gasteiger partial charge in [0.1, 0.15) is 0 Å². The number of nitrogens with zero attached hydrogens (tertiary/aromatic N) is 1. The second-order valence-corrected chi connectivity index (χ2v) is 4.94. The van der Waals surface area contributed by atoms with Gasteiger partial charge in [-0.25, -0.2) is 0 Å². The molecule has 1 rings (SSSR count). The Hall–Kier alpha value is -0.610. The number of amides is 1. The molecule has 0 bridgehead atoms. The van der Waals surface area contributed by atoms with Crippen molar-refractivity contribution in [1.29, 1.82) is 0 Å². The van der Waals surface area contributed by atoms with Crippen molar-refractivity contribution in [2.75, 3.05) is 32.8 Å². The van der Waals surface area contributed by atoms with Gasteiger partial charge in [-0.3, -0.25) is 4.79 Å². The molecule has 4 heteroatoms. The van der Waals surface area contributed by atoms with E-state index in [0.29, 0.717) is 25.7 Å². The molecule has 1 fully saturated rings. The number of hydrogen-bond donors (Lipinski definition) is 1. The van der Waals surface area contributed by atoms with Gasteiger partial charge in [-0.2, -0.15) is 0 Å². The second kappa shape index (κ2) is 9.34. The third-order valence-corrected chi connectivity index (χ3v) is 3.53. The Kier molecular flexibility index (Phi) is 8.01. The Bertz CT molecular complexity index is 228. The van der Waals surface area contributed by atoms with Crippen molar-refractivity contribution in [2.24, 2.45) is 0 Å². The molecule has 1 atom stereocenters. The van der Waals surface area contributed by atoms with E-state index in [1.165, 1.54) is 19.3 Å². The van der Waals surface area contributed by atoms with Crippen molar-refractivity contribution >= 4 is 5.91 Å². The highest BCUT2D eigenvalue weighted by atomic mass is 16.5. The minimum absolute atomic E-state index is 0.260. The summed E-state index contributed by atoms with van der Waals surface area (Å²) in [6.45, 7) is 8.11. The maximum absolute atomic E-state index is 11.9. The lowest BCUT2D eigenvalue weighted by atomic mass is 10.1. The zero-order chi connectivity index (χ0) is 13.2. The first-order valence-electron chi connectivity index (χ1n) is 7.36. The summed E-state index contributed by atoms with van der Waals surface area (Å²) >= 11 is 0. The van der Waals surface area contributed by atoms with Crippen LogP contribution in [0.3, 0.4) is 0 Å². The third-order valence-electron chi connectivity index (χ3n) is 3.53. The van der Waals surface area contributed by atoms with Crippen LogP contribution in [0, 0.1) is 0 Å². The lowest BCUT2D eigenvalue weighted by molar-refractivity contribution is -0.135. The maximum Gasteiger partial charge on any atom is 0.224 e. The molecule has 0 radical (unpaired) electrons. The number of morpholine rings is 1. The molecule has 0 saturated carbocycles. The monoisotopic (exact) mass is 256 g/mol. The molecule has 1 aliphatic heterocycles. The number of ether oxygens (including phenoxy) is 1. The fraction of sp³-hybridized carbons (Fsp3) is 0.929. The van der Waals surface area contributed by atoms with Crippen LogP contribution in [0.2, 0.25) is 0 Å². The average Bonchev–Trinajstić information content (AvgIpc) is 2.43. The molecule has 0 aliphatic carbocycles. The van der Waals surface area contributed by atoms with Gasteiger partial charge in [0, 0.05) is 32.1 Å². The first-order valence-corrected chi connectivity index (χ1v) is 7.36. The highest BCUT2D eigenvalue weighted by Crippen LogP contribution is 2.05. The number of hydrogen-bond acceptors (Lipinski definition) is 3. The van der Waals surface area contributed by atoms with E-state index in [-0.39, 0.29) is 5.91 Å². The van der Waals surface area contributed by atoms with Gasteiger partial charge in [0.2, 0.25) is 5.91 Å². The summed E-state index contributed by atoms with van der Waals surface area (Å²) in [5, 5.41) is 3.50. The predicted octanol–water partition coefficient (Wildman–Crippen LogP) is 1.79. The van der Waals surface area contributed by atoms with Gasteiger partial charge in [0.25, 0.3) is 0 Å². The van der Waals surface area contributed by atoms with Crippen LogP contribution in [0.15, 0.2) is 0 Å².